The van der Waals surface area contributed by atoms with Gasteiger partial charge in [0.25, 0.3) is 11.5 Å². The maximum atomic E-state index is 12.8. The number of hydrogen-bond donors (Lipinski definition) is 3. The van der Waals surface area contributed by atoms with Gasteiger partial charge < -0.3 is 29.8 Å². The zero-order chi connectivity index (χ0) is 24.9. The van der Waals surface area contributed by atoms with Gasteiger partial charge in [-0.3, -0.25) is 19.2 Å². The normalized spacial score (nSPS) is 19.3. The zero-order valence-corrected chi connectivity index (χ0v) is 19.2. The van der Waals surface area contributed by atoms with Gasteiger partial charge in [-0.05, 0) is 36.6 Å². The van der Waals surface area contributed by atoms with Crippen molar-refractivity contribution in [3.63, 3.8) is 0 Å². The van der Waals surface area contributed by atoms with Crippen molar-refractivity contribution in [1.82, 2.24) is 20.4 Å². The van der Waals surface area contributed by atoms with Gasteiger partial charge in [0.15, 0.2) is 5.69 Å². The van der Waals surface area contributed by atoms with Crippen LogP contribution in [-0.2, 0) is 25.7 Å². The van der Waals surface area contributed by atoms with Crippen molar-refractivity contribution < 1.29 is 28.4 Å². The van der Waals surface area contributed by atoms with Crippen molar-refractivity contribution in [1.29, 1.82) is 0 Å². The molecule has 2 aromatic heterocycles. The zero-order valence-electron chi connectivity index (χ0n) is 18.4. The molecule has 2 saturated heterocycles. The van der Waals surface area contributed by atoms with E-state index in [0.717, 1.165) is 4.57 Å². The van der Waals surface area contributed by atoms with Crippen molar-refractivity contribution in [3.05, 3.63) is 57.3 Å². The van der Waals surface area contributed by atoms with E-state index in [2.05, 4.69) is 25.6 Å². The van der Waals surface area contributed by atoms with Crippen LogP contribution in [0.2, 0.25) is 5.22 Å². The van der Waals surface area contributed by atoms with Gasteiger partial charge in [-0.15, -0.1) is 0 Å². The molecule has 4 heterocycles. The van der Waals surface area contributed by atoms with Crippen LogP contribution in [0.25, 0.3) is 0 Å². The summed E-state index contributed by atoms with van der Waals surface area (Å²) in [6.07, 6.45) is 4.36. The van der Waals surface area contributed by atoms with E-state index in [1.165, 1.54) is 24.4 Å². The number of nitrogens with one attached hydrogen (secondary N) is 3. The van der Waals surface area contributed by atoms with Gasteiger partial charge in [-0.25, -0.2) is 4.79 Å². The molecule has 0 aromatic carbocycles. The number of hydrogen-bond acceptors (Lipinski definition) is 8. The van der Waals surface area contributed by atoms with Crippen LogP contribution in [0.4, 0.5) is 5.69 Å². The number of carbonyl (C=O) groups is 4. The number of nitrogens with zero attached hydrogens (tertiary/aromatic N) is 2. The van der Waals surface area contributed by atoms with Crippen molar-refractivity contribution >= 4 is 41.0 Å². The van der Waals surface area contributed by atoms with E-state index in [9.17, 15) is 24.0 Å². The summed E-state index contributed by atoms with van der Waals surface area (Å²) in [5.41, 5.74) is -0.363. The van der Waals surface area contributed by atoms with E-state index in [1.807, 2.05) is 0 Å². The Morgan fingerprint density at radius 2 is 2.17 bits per heavy atom. The first-order valence-corrected chi connectivity index (χ1v) is 11.3. The van der Waals surface area contributed by atoms with E-state index in [0.29, 0.717) is 31.4 Å². The Bertz CT molecular complexity index is 1250. The number of ether oxygens (including phenoxy) is 1. The molecule has 3 amide bonds. The van der Waals surface area contributed by atoms with Crippen molar-refractivity contribution in [2.75, 3.05) is 18.5 Å². The van der Waals surface area contributed by atoms with Crippen molar-refractivity contribution in [2.45, 2.75) is 31.8 Å². The minimum absolute atomic E-state index is 0.0700. The molecule has 12 nitrogen and oxygen atoms in total. The van der Waals surface area contributed by atoms with E-state index in [-0.39, 0.29) is 41.6 Å². The first-order valence-electron chi connectivity index (χ1n) is 10.9. The number of esters is 1. The number of pyridine rings is 1. The molecule has 184 valence electrons. The van der Waals surface area contributed by atoms with Crippen LogP contribution < -0.4 is 21.5 Å². The predicted molar refractivity (Wildman–Crippen MR) is 121 cm³/mol. The Kier molecular flexibility index (Phi) is 7.30. The SMILES string of the molecule is O=C(Cn1cccc(NC(=O)c2cc(Cl)on2)c1=O)NC(/C=C1\CCOC1=O)CC1CCNC1=O. The Balaban J connectivity index is 1.45. The van der Waals surface area contributed by atoms with Gasteiger partial charge in [0, 0.05) is 42.8 Å². The molecule has 2 fully saturated rings. The summed E-state index contributed by atoms with van der Waals surface area (Å²) in [6, 6.07) is 3.48. The number of anilines is 1. The first-order chi connectivity index (χ1) is 16.8. The number of rotatable bonds is 8. The summed E-state index contributed by atoms with van der Waals surface area (Å²) in [5, 5.41) is 11.4. The number of amides is 3. The molecule has 4 rings (SSSR count). The number of carbonyl (C=O) groups excluding carboxylic acids is 4. The summed E-state index contributed by atoms with van der Waals surface area (Å²) in [5.74, 6) is -2.07. The molecule has 0 aliphatic carbocycles. The largest absolute Gasteiger partial charge is 0.462 e. The Morgan fingerprint density at radius 3 is 2.83 bits per heavy atom. The minimum Gasteiger partial charge on any atom is -0.462 e. The maximum absolute atomic E-state index is 12.8. The van der Waals surface area contributed by atoms with Gasteiger partial charge in [0.05, 0.1) is 6.61 Å². The maximum Gasteiger partial charge on any atom is 0.333 e. The molecule has 0 bridgehead atoms. The molecule has 0 spiro atoms. The summed E-state index contributed by atoms with van der Waals surface area (Å²) < 4.78 is 10.7. The highest BCUT2D eigenvalue weighted by Crippen LogP contribution is 2.20. The third-order valence-corrected chi connectivity index (χ3v) is 5.79. The molecule has 0 radical (unpaired) electrons. The van der Waals surface area contributed by atoms with Crippen LogP contribution in [0.5, 0.6) is 0 Å². The summed E-state index contributed by atoms with van der Waals surface area (Å²) >= 11 is 5.61. The van der Waals surface area contributed by atoms with E-state index in [4.69, 9.17) is 16.3 Å². The average Bonchev–Trinajstić information content (AvgIpc) is 3.54. The molecule has 3 N–H and O–H groups in total. The highest BCUT2D eigenvalue weighted by molar-refractivity contribution is 6.29. The molecule has 13 heteroatoms. The lowest BCUT2D eigenvalue weighted by Crippen LogP contribution is -2.40. The van der Waals surface area contributed by atoms with Crippen LogP contribution in [0.3, 0.4) is 0 Å². The Labute approximate surface area is 203 Å². The fraction of sp³-hybridized carbons (Fsp3) is 0.364. The quantitative estimate of drug-likeness (QED) is 0.349. The molecule has 35 heavy (non-hydrogen) atoms. The summed E-state index contributed by atoms with van der Waals surface area (Å²) in [7, 11) is 0. The van der Waals surface area contributed by atoms with Gasteiger partial charge in [0.2, 0.25) is 17.0 Å². The molecule has 2 atom stereocenters. The number of halogens is 1. The van der Waals surface area contributed by atoms with Crippen LogP contribution in [-0.4, -0.2) is 52.6 Å². The van der Waals surface area contributed by atoms with Gasteiger partial charge >= 0.3 is 5.97 Å². The van der Waals surface area contributed by atoms with Gasteiger partial charge in [0.1, 0.15) is 12.2 Å². The lowest BCUT2D eigenvalue weighted by molar-refractivity contribution is -0.135. The number of cyclic esters (lactones) is 1. The topological polar surface area (TPSA) is 162 Å². The molecular formula is C22H22ClN5O7. The Morgan fingerprint density at radius 1 is 1.34 bits per heavy atom. The lowest BCUT2D eigenvalue weighted by Gasteiger charge is -2.19. The Hall–Kier alpha value is -3.93. The third kappa shape index (κ3) is 5.96. The smallest absolute Gasteiger partial charge is 0.333 e. The number of aromatic nitrogens is 2. The van der Waals surface area contributed by atoms with Crippen molar-refractivity contribution in [3.8, 4) is 0 Å². The molecule has 0 saturated carbocycles. The van der Waals surface area contributed by atoms with E-state index < -0.39 is 29.4 Å². The van der Waals surface area contributed by atoms with Crippen LogP contribution in [0.15, 0.2) is 45.4 Å². The van der Waals surface area contributed by atoms with Crippen molar-refractivity contribution in [2.24, 2.45) is 5.92 Å². The van der Waals surface area contributed by atoms with E-state index in [1.54, 1.807) is 6.08 Å². The second-order valence-electron chi connectivity index (χ2n) is 8.09. The monoisotopic (exact) mass is 503 g/mol. The van der Waals surface area contributed by atoms with Gasteiger partial charge in [-0.2, -0.15) is 0 Å². The predicted octanol–water partition coefficient (Wildman–Crippen LogP) is 0.626. The highest BCUT2D eigenvalue weighted by Gasteiger charge is 2.29. The molecular weight excluding hydrogens is 482 g/mol. The van der Waals surface area contributed by atoms with Crippen LogP contribution >= 0.6 is 11.6 Å². The molecule has 2 unspecified atom stereocenters. The first kappa shape index (κ1) is 24.2. The van der Waals surface area contributed by atoms with Gasteiger partial charge in [-0.1, -0.05) is 11.2 Å². The highest BCUT2D eigenvalue weighted by atomic mass is 35.5. The van der Waals surface area contributed by atoms with Crippen LogP contribution in [0, 0.1) is 5.92 Å². The van der Waals surface area contributed by atoms with Crippen LogP contribution in [0.1, 0.15) is 29.8 Å². The minimum atomic E-state index is -0.704. The second kappa shape index (κ2) is 10.6. The fourth-order valence-corrected chi connectivity index (χ4v) is 4.04. The fourth-order valence-electron chi connectivity index (χ4n) is 3.90. The molecule has 2 aliphatic heterocycles. The van der Waals surface area contributed by atoms with E-state index >= 15 is 0 Å². The summed E-state index contributed by atoms with van der Waals surface area (Å²) in [6.45, 7) is 0.472. The lowest BCUT2D eigenvalue weighted by atomic mass is 9.96. The standard InChI is InChI=1S/C22H22ClN5O7/c23-17-10-16(27-35-17)20(31)26-15-2-1-6-28(21(15)32)11-18(29)25-14(8-12-3-5-24-19(12)30)9-13-4-7-34-22(13)33/h1-2,6,9-10,12,14H,3-5,7-8,11H2,(H,24,30)(H,25,29)(H,26,31)/b13-9+. The summed E-state index contributed by atoms with van der Waals surface area (Å²) in [4.78, 5) is 61.7. The second-order valence-corrected chi connectivity index (χ2v) is 8.46. The molecule has 2 aromatic rings. The third-order valence-electron chi connectivity index (χ3n) is 5.61. The molecule has 2 aliphatic rings. The average molecular weight is 504 g/mol.